The van der Waals surface area contributed by atoms with Gasteiger partial charge in [0.25, 0.3) is 5.91 Å². The number of rotatable bonds is 4. The standard InChI is InChI=1S/C15H14IN3O4/c1-8-14(22)12(9(7-20)5-17-8)6-18-19-15(23)11-4-10(16)2-3-13(11)21/h2-6,20-22H,7H2,1H3,(H,19,23)/b18-6+. The lowest BCUT2D eigenvalue weighted by atomic mass is 10.1. The number of halogens is 1. The van der Waals surface area contributed by atoms with Gasteiger partial charge in [0.2, 0.25) is 0 Å². The summed E-state index contributed by atoms with van der Waals surface area (Å²) in [6, 6.07) is 4.61. The van der Waals surface area contributed by atoms with Gasteiger partial charge in [0.1, 0.15) is 11.5 Å². The van der Waals surface area contributed by atoms with Crippen LogP contribution < -0.4 is 5.43 Å². The van der Waals surface area contributed by atoms with Gasteiger partial charge in [-0.3, -0.25) is 9.78 Å². The number of hydrazone groups is 1. The number of aromatic nitrogens is 1. The summed E-state index contributed by atoms with van der Waals surface area (Å²) in [5.74, 6) is -0.864. The average Bonchev–Trinajstić information content (AvgIpc) is 2.53. The third kappa shape index (κ3) is 3.96. The Morgan fingerprint density at radius 2 is 2.17 bits per heavy atom. The van der Waals surface area contributed by atoms with Crippen LogP contribution in [0.15, 0.2) is 29.5 Å². The van der Waals surface area contributed by atoms with Crippen molar-refractivity contribution in [3.05, 3.63) is 50.4 Å². The molecule has 0 spiro atoms. The topological polar surface area (TPSA) is 115 Å². The number of aliphatic hydroxyl groups is 1. The van der Waals surface area contributed by atoms with Crippen LogP contribution in [0.25, 0.3) is 0 Å². The Morgan fingerprint density at radius 1 is 1.43 bits per heavy atom. The molecule has 2 rings (SSSR count). The first-order valence-corrected chi connectivity index (χ1v) is 7.62. The predicted octanol–water partition coefficient (Wildman–Crippen LogP) is 1.66. The molecule has 1 amide bonds. The first kappa shape index (κ1) is 17.2. The Kier molecular flexibility index (Phi) is 5.50. The summed E-state index contributed by atoms with van der Waals surface area (Å²) in [5, 5.41) is 32.7. The third-order valence-corrected chi connectivity index (χ3v) is 3.76. The van der Waals surface area contributed by atoms with E-state index < -0.39 is 5.91 Å². The van der Waals surface area contributed by atoms with Crippen LogP contribution in [0.3, 0.4) is 0 Å². The van der Waals surface area contributed by atoms with Crippen LogP contribution in [0.4, 0.5) is 0 Å². The van der Waals surface area contributed by atoms with Gasteiger partial charge in [-0.05, 0) is 47.7 Å². The smallest absolute Gasteiger partial charge is 0.275 e. The van der Waals surface area contributed by atoms with Crippen LogP contribution in [0.1, 0.15) is 27.2 Å². The second-order valence-corrected chi connectivity index (χ2v) is 5.90. The van der Waals surface area contributed by atoms with Gasteiger partial charge in [0, 0.05) is 20.9 Å². The number of hydrogen-bond donors (Lipinski definition) is 4. The van der Waals surface area contributed by atoms with Crippen molar-refractivity contribution >= 4 is 34.7 Å². The third-order valence-electron chi connectivity index (χ3n) is 3.09. The largest absolute Gasteiger partial charge is 0.507 e. The summed E-state index contributed by atoms with van der Waals surface area (Å²) in [7, 11) is 0. The van der Waals surface area contributed by atoms with Crippen LogP contribution >= 0.6 is 22.6 Å². The fourth-order valence-corrected chi connectivity index (χ4v) is 2.32. The molecular weight excluding hydrogens is 413 g/mol. The number of nitrogens with one attached hydrogen (secondary N) is 1. The monoisotopic (exact) mass is 427 g/mol. The highest BCUT2D eigenvalue weighted by Crippen LogP contribution is 2.22. The van der Waals surface area contributed by atoms with Crippen molar-refractivity contribution in [2.75, 3.05) is 0 Å². The van der Waals surface area contributed by atoms with E-state index in [0.29, 0.717) is 11.3 Å². The number of aromatic hydroxyl groups is 2. The molecule has 0 saturated heterocycles. The minimum absolute atomic E-state index is 0.0894. The Balaban J connectivity index is 2.21. The maximum absolute atomic E-state index is 12.0. The summed E-state index contributed by atoms with van der Waals surface area (Å²) >= 11 is 2.02. The Labute approximate surface area is 145 Å². The fourth-order valence-electron chi connectivity index (χ4n) is 1.83. The minimum atomic E-state index is -0.590. The maximum atomic E-state index is 12.0. The summed E-state index contributed by atoms with van der Waals surface area (Å²) < 4.78 is 0.791. The molecule has 0 unspecified atom stereocenters. The molecule has 0 saturated carbocycles. The number of phenolic OH excluding ortho intramolecular Hbond substituents is 1. The molecule has 0 aliphatic heterocycles. The number of carbonyl (C=O) groups excluding carboxylic acids is 1. The summed E-state index contributed by atoms with van der Waals surface area (Å²) in [5.41, 5.74) is 3.39. The predicted molar refractivity (Wildman–Crippen MR) is 92.4 cm³/mol. The molecule has 0 atom stereocenters. The van der Waals surface area contributed by atoms with E-state index in [9.17, 15) is 20.1 Å². The highest BCUT2D eigenvalue weighted by molar-refractivity contribution is 14.1. The number of aryl methyl sites for hydroxylation is 1. The van der Waals surface area contributed by atoms with Crippen LogP contribution in [-0.2, 0) is 6.61 Å². The van der Waals surface area contributed by atoms with Crippen molar-refractivity contribution < 1.29 is 20.1 Å². The number of hydrogen-bond acceptors (Lipinski definition) is 6. The number of amides is 1. The minimum Gasteiger partial charge on any atom is -0.507 e. The average molecular weight is 427 g/mol. The molecule has 0 aliphatic rings. The molecular formula is C15H14IN3O4. The molecule has 8 heteroatoms. The van der Waals surface area contributed by atoms with Crippen LogP contribution in [0.5, 0.6) is 11.5 Å². The highest BCUT2D eigenvalue weighted by Gasteiger charge is 2.12. The van der Waals surface area contributed by atoms with E-state index >= 15 is 0 Å². The lowest BCUT2D eigenvalue weighted by Crippen LogP contribution is -2.18. The van der Waals surface area contributed by atoms with E-state index in [-0.39, 0.29) is 29.2 Å². The van der Waals surface area contributed by atoms with E-state index in [1.165, 1.54) is 24.5 Å². The highest BCUT2D eigenvalue weighted by atomic mass is 127. The normalized spacial score (nSPS) is 10.9. The van der Waals surface area contributed by atoms with Crippen LogP contribution in [0, 0.1) is 10.5 Å². The summed E-state index contributed by atoms with van der Waals surface area (Å²) in [6.45, 7) is 1.28. The second kappa shape index (κ2) is 7.38. The van der Waals surface area contributed by atoms with Crippen molar-refractivity contribution in [2.24, 2.45) is 5.10 Å². The van der Waals surface area contributed by atoms with Crippen molar-refractivity contribution in [1.29, 1.82) is 0 Å². The maximum Gasteiger partial charge on any atom is 0.275 e. The van der Waals surface area contributed by atoms with Gasteiger partial charge in [-0.15, -0.1) is 0 Å². The zero-order valence-corrected chi connectivity index (χ0v) is 14.3. The molecule has 0 aliphatic carbocycles. The van der Waals surface area contributed by atoms with Gasteiger partial charge in [0.15, 0.2) is 0 Å². The van der Waals surface area contributed by atoms with E-state index in [2.05, 4.69) is 15.5 Å². The van der Waals surface area contributed by atoms with Crippen molar-refractivity contribution in [3.63, 3.8) is 0 Å². The van der Waals surface area contributed by atoms with Crippen LogP contribution in [-0.4, -0.2) is 32.4 Å². The zero-order chi connectivity index (χ0) is 17.0. The van der Waals surface area contributed by atoms with Gasteiger partial charge < -0.3 is 15.3 Å². The lowest BCUT2D eigenvalue weighted by molar-refractivity contribution is 0.0952. The molecule has 23 heavy (non-hydrogen) atoms. The van der Waals surface area contributed by atoms with Gasteiger partial charge in [-0.2, -0.15) is 5.10 Å². The molecule has 0 fully saturated rings. The Morgan fingerprint density at radius 3 is 2.87 bits per heavy atom. The Hall–Kier alpha value is -2.20. The number of benzene rings is 1. The first-order valence-electron chi connectivity index (χ1n) is 6.54. The summed E-state index contributed by atoms with van der Waals surface area (Å²) in [4.78, 5) is 15.9. The van der Waals surface area contributed by atoms with Crippen molar-refractivity contribution in [3.8, 4) is 11.5 Å². The molecule has 2 aromatic rings. The number of aliphatic hydroxyl groups excluding tert-OH is 1. The molecule has 1 aromatic heterocycles. The summed E-state index contributed by atoms with van der Waals surface area (Å²) in [6.07, 6.45) is 2.64. The van der Waals surface area contributed by atoms with Gasteiger partial charge >= 0.3 is 0 Å². The zero-order valence-electron chi connectivity index (χ0n) is 12.1. The van der Waals surface area contributed by atoms with Gasteiger partial charge in [0.05, 0.1) is 24.1 Å². The number of carbonyl (C=O) groups is 1. The molecule has 4 N–H and O–H groups in total. The van der Waals surface area contributed by atoms with E-state index in [0.717, 1.165) is 3.57 Å². The number of pyridine rings is 1. The first-order chi connectivity index (χ1) is 10.9. The van der Waals surface area contributed by atoms with Crippen molar-refractivity contribution in [1.82, 2.24) is 10.4 Å². The Bertz CT molecular complexity index is 778. The van der Waals surface area contributed by atoms with E-state index in [4.69, 9.17) is 0 Å². The van der Waals surface area contributed by atoms with Gasteiger partial charge in [-0.1, -0.05) is 0 Å². The molecule has 7 nitrogen and oxygen atoms in total. The van der Waals surface area contributed by atoms with E-state index in [1.54, 1.807) is 13.0 Å². The fraction of sp³-hybridized carbons (Fsp3) is 0.133. The molecule has 1 heterocycles. The van der Waals surface area contributed by atoms with Crippen LogP contribution in [0.2, 0.25) is 0 Å². The van der Waals surface area contributed by atoms with Crippen molar-refractivity contribution in [2.45, 2.75) is 13.5 Å². The second-order valence-electron chi connectivity index (χ2n) is 4.65. The van der Waals surface area contributed by atoms with E-state index in [1.807, 2.05) is 22.6 Å². The lowest BCUT2D eigenvalue weighted by Gasteiger charge is -2.07. The number of phenols is 1. The molecule has 1 aromatic carbocycles. The molecule has 0 radical (unpaired) electrons. The molecule has 0 bridgehead atoms. The number of nitrogens with zero attached hydrogens (tertiary/aromatic N) is 2. The SMILES string of the molecule is Cc1ncc(CO)c(/C=N/NC(=O)c2cc(I)ccc2O)c1O. The quantitative estimate of drug-likeness (QED) is 0.337. The van der Waals surface area contributed by atoms with Gasteiger partial charge in [-0.25, -0.2) is 5.43 Å². The molecule has 120 valence electrons.